The van der Waals surface area contributed by atoms with Crippen LogP contribution in [0.1, 0.15) is 28.0 Å². The molecule has 2 amide bonds. The number of amides is 2. The van der Waals surface area contributed by atoms with Gasteiger partial charge >= 0.3 is 0 Å². The fourth-order valence-electron chi connectivity index (χ4n) is 3.62. The highest BCUT2D eigenvalue weighted by atomic mass is 16.2. The Morgan fingerprint density at radius 1 is 1.03 bits per heavy atom. The molecule has 4 aromatic rings. The van der Waals surface area contributed by atoms with E-state index in [4.69, 9.17) is 0 Å². The zero-order valence-electron chi connectivity index (χ0n) is 18.3. The standard InChI is InChI=1S/C25H25N5O3/c1-17-18(16-30(29-17)19-9-3-2-4-10-19)8-7-13-26-23(31)15-28-25(33)21-14-27-22-12-6-5-11-20(22)24(21)32/h2-6,9-12,14,16H,7-8,13,15H2,1H3,(H,26,31)(H,27,32)(H,28,33). The molecule has 0 saturated heterocycles. The number of aromatic nitrogens is 3. The van der Waals surface area contributed by atoms with Gasteiger partial charge in [-0.1, -0.05) is 30.3 Å². The number of para-hydroxylation sites is 2. The van der Waals surface area contributed by atoms with Crippen molar-refractivity contribution in [3.63, 3.8) is 0 Å². The molecule has 2 aromatic heterocycles. The molecule has 8 heteroatoms. The normalized spacial score (nSPS) is 10.8. The van der Waals surface area contributed by atoms with Crippen molar-refractivity contribution in [1.29, 1.82) is 0 Å². The zero-order chi connectivity index (χ0) is 23.2. The van der Waals surface area contributed by atoms with Crippen molar-refractivity contribution in [3.05, 3.63) is 94.0 Å². The first-order valence-corrected chi connectivity index (χ1v) is 10.8. The van der Waals surface area contributed by atoms with Gasteiger partial charge in [0.2, 0.25) is 11.3 Å². The molecule has 2 aromatic carbocycles. The summed E-state index contributed by atoms with van der Waals surface area (Å²) in [7, 11) is 0. The van der Waals surface area contributed by atoms with Crippen LogP contribution in [0.2, 0.25) is 0 Å². The lowest BCUT2D eigenvalue weighted by atomic mass is 10.1. The number of aryl methyl sites for hydroxylation is 2. The number of nitrogens with zero attached hydrogens (tertiary/aromatic N) is 2. The maximum absolute atomic E-state index is 12.5. The smallest absolute Gasteiger partial charge is 0.257 e. The molecule has 0 saturated carbocycles. The van der Waals surface area contributed by atoms with E-state index in [1.807, 2.05) is 48.1 Å². The molecule has 0 fully saturated rings. The van der Waals surface area contributed by atoms with Gasteiger partial charge in [0.25, 0.3) is 5.91 Å². The molecular weight excluding hydrogens is 418 g/mol. The predicted molar refractivity (Wildman–Crippen MR) is 127 cm³/mol. The SMILES string of the molecule is Cc1nn(-c2ccccc2)cc1CCCNC(=O)CNC(=O)c1c[nH]c2ccccc2c1=O. The number of hydrogen-bond acceptors (Lipinski definition) is 4. The molecule has 168 valence electrons. The van der Waals surface area contributed by atoms with Crippen LogP contribution >= 0.6 is 0 Å². The van der Waals surface area contributed by atoms with Gasteiger partial charge in [-0.05, 0) is 49.6 Å². The summed E-state index contributed by atoms with van der Waals surface area (Å²) < 4.78 is 1.85. The maximum Gasteiger partial charge on any atom is 0.257 e. The van der Waals surface area contributed by atoms with Gasteiger partial charge in [0, 0.05) is 29.8 Å². The van der Waals surface area contributed by atoms with Crippen LogP contribution in [0.5, 0.6) is 0 Å². The van der Waals surface area contributed by atoms with Gasteiger partial charge in [0.05, 0.1) is 17.9 Å². The van der Waals surface area contributed by atoms with E-state index >= 15 is 0 Å². The lowest BCUT2D eigenvalue weighted by Gasteiger charge is -2.07. The van der Waals surface area contributed by atoms with Crippen molar-refractivity contribution >= 4 is 22.7 Å². The summed E-state index contributed by atoms with van der Waals surface area (Å²) in [5.74, 6) is -0.890. The minimum Gasteiger partial charge on any atom is -0.360 e. The Morgan fingerprint density at radius 3 is 2.61 bits per heavy atom. The number of benzene rings is 2. The average Bonchev–Trinajstić information content (AvgIpc) is 3.21. The number of carbonyl (C=O) groups excluding carboxylic acids is 2. The van der Waals surface area contributed by atoms with Crippen molar-refractivity contribution in [1.82, 2.24) is 25.4 Å². The molecule has 0 aliphatic heterocycles. The minimum atomic E-state index is -0.582. The van der Waals surface area contributed by atoms with Gasteiger partial charge in [-0.25, -0.2) is 4.68 Å². The summed E-state index contributed by atoms with van der Waals surface area (Å²) in [6.07, 6.45) is 4.90. The highest BCUT2D eigenvalue weighted by Gasteiger charge is 2.14. The maximum atomic E-state index is 12.5. The van der Waals surface area contributed by atoms with Crippen LogP contribution < -0.4 is 16.1 Å². The first-order chi connectivity index (χ1) is 16.0. The van der Waals surface area contributed by atoms with Gasteiger partial charge < -0.3 is 15.6 Å². The van der Waals surface area contributed by atoms with Gasteiger partial charge in [0.15, 0.2) is 0 Å². The number of fused-ring (bicyclic) bond motifs is 1. The Labute approximate surface area is 190 Å². The Balaban J connectivity index is 1.24. The van der Waals surface area contributed by atoms with Crippen molar-refractivity contribution < 1.29 is 9.59 Å². The summed E-state index contributed by atoms with van der Waals surface area (Å²) in [6.45, 7) is 2.24. The third kappa shape index (κ3) is 5.17. The number of aromatic amines is 1. The molecule has 3 N–H and O–H groups in total. The van der Waals surface area contributed by atoms with Crippen molar-refractivity contribution in [2.45, 2.75) is 19.8 Å². The van der Waals surface area contributed by atoms with E-state index in [1.54, 1.807) is 24.3 Å². The summed E-state index contributed by atoms with van der Waals surface area (Å²) in [5, 5.41) is 10.3. The molecule has 0 unspecified atom stereocenters. The fourth-order valence-corrected chi connectivity index (χ4v) is 3.62. The van der Waals surface area contributed by atoms with E-state index in [-0.39, 0.29) is 23.4 Å². The minimum absolute atomic E-state index is 0.0209. The van der Waals surface area contributed by atoms with E-state index < -0.39 is 5.91 Å². The van der Waals surface area contributed by atoms with Crippen LogP contribution in [0.15, 0.2) is 71.8 Å². The molecule has 0 radical (unpaired) electrons. The monoisotopic (exact) mass is 443 g/mol. The summed E-state index contributed by atoms with van der Waals surface area (Å²) in [5.41, 5.74) is 3.35. The topological polar surface area (TPSA) is 109 Å². The van der Waals surface area contributed by atoms with Crippen LogP contribution in [-0.2, 0) is 11.2 Å². The molecule has 0 bridgehead atoms. The molecule has 2 heterocycles. The van der Waals surface area contributed by atoms with Crippen LogP contribution in [0.4, 0.5) is 0 Å². The lowest BCUT2D eigenvalue weighted by Crippen LogP contribution is -2.38. The number of pyridine rings is 1. The second-order valence-electron chi connectivity index (χ2n) is 7.73. The predicted octanol–water partition coefficient (Wildman–Crippen LogP) is 2.50. The Bertz CT molecular complexity index is 1340. The van der Waals surface area contributed by atoms with E-state index in [1.165, 1.54) is 6.20 Å². The molecule has 0 aliphatic carbocycles. The van der Waals surface area contributed by atoms with Crippen molar-refractivity contribution in [3.8, 4) is 5.69 Å². The Morgan fingerprint density at radius 2 is 1.79 bits per heavy atom. The number of nitrogens with one attached hydrogen (secondary N) is 3. The van der Waals surface area contributed by atoms with Gasteiger partial charge in [-0.2, -0.15) is 5.10 Å². The molecule has 0 atom stereocenters. The summed E-state index contributed by atoms with van der Waals surface area (Å²) >= 11 is 0. The number of hydrogen-bond donors (Lipinski definition) is 3. The van der Waals surface area contributed by atoms with Crippen molar-refractivity contribution in [2.24, 2.45) is 0 Å². The largest absolute Gasteiger partial charge is 0.360 e. The first kappa shape index (κ1) is 22.0. The second-order valence-corrected chi connectivity index (χ2v) is 7.73. The Kier molecular flexibility index (Phi) is 6.64. The van der Waals surface area contributed by atoms with Gasteiger partial charge in [0.1, 0.15) is 5.56 Å². The first-order valence-electron chi connectivity index (χ1n) is 10.8. The van der Waals surface area contributed by atoms with Crippen molar-refractivity contribution in [2.75, 3.05) is 13.1 Å². The highest BCUT2D eigenvalue weighted by Crippen LogP contribution is 2.13. The van der Waals surface area contributed by atoms with Gasteiger partial charge in [-0.15, -0.1) is 0 Å². The number of rotatable bonds is 8. The third-order valence-electron chi connectivity index (χ3n) is 5.41. The van der Waals surface area contributed by atoms with Crippen LogP contribution in [-0.4, -0.2) is 39.7 Å². The number of carbonyl (C=O) groups is 2. The van der Waals surface area contributed by atoms with E-state index in [0.29, 0.717) is 17.4 Å². The fraction of sp³-hybridized carbons (Fsp3) is 0.200. The molecule has 8 nitrogen and oxygen atoms in total. The van der Waals surface area contributed by atoms with Crippen LogP contribution in [0.3, 0.4) is 0 Å². The van der Waals surface area contributed by atoms with E-state index in [0.717, 1.165) is 29.8 Å². The van der Waals surface area contributed by atoms with Crippen LogP contribution in [0.25, 0.3) is 16.6 Å². The van der Waals surface area contributed by atoms with Crippen LogP contribution in [0, 0.1) is 6.92 Å². The average molecular weight is 444 g/mol. The lowest BCUT2D eigenvalue weighted by molar-refractivity contribution is -0.120. The number of H-pyrrole nitrogens is 1. The van der Waals surface area contributed by atoms with E-state index in [9.17, 15) is 14.4 Å². The summed E-state index contributed by atoms with van der Waals surface area (Å²) in [6, 6.07) is 16.9. The molecule has 0 spiro atoms. The second kappa shape index (κ2) is 9.95. The van der Waals surface area contributed by atoms with E-state index in [2.05, 4.69) is 20.7 Å². The third-order valence-corrected chi connectivity index (χ3v) is 5.41. The molecule has 0 aliphatic rings. The van der Waals surface area contributed by atoms with Gasteiger partial charge in [-0.3, -0.25) is 14.4 Å². The molecular formula is C25H25N5O3. The highest BCUT2D eigenvalue weighted by molar-refractivity contribution is 5.98. The Hall–Kier alpha value is -4.20. The zero-order valence-corrected chi connectivity index (χ0v) is 18.3. The molecule has 33 heavy (non-hydrogen) atoms. The summed E-state index contributed by atoms with van der Waals surface area (Å²) in [4.78, 5) is 39.9. The molecule has 4 rings (SSSR count). The quantitative estimate of drug-likeness (QED) is 0.364.